The topological polar surface area (TPSA) is 96.2 Å². The van der Waals surface area contributed by atoms with E-state index in [1.54, 1.807) is 12.1 Å². The minimum absolute atomic E-state index is 0.0748. The van der Waals surface area contributed by atoms with E-state index in [0.717, 1.165) is 0 Å². The Bertz CT molecular complexity index is 1220. The first-order chi connectivity index (χ1) is 15.0. The Morgan fingerprint density at radius 3 is 3.00 bits per heavy atom. The normalized spacial score (nSPS) is 18.5. The molecular weight excluding hydrogens is 423 g/mol. The van der Waals surface area contributed by atoms with E-state index in [1.807, 2.05) is 13.0 Å². The van der Waals surface area contributed by atoms with Crippen LogP contribution in [0.4, 0.5) is 15.9 Å². The van der Waals surface area contributed by atoms with Crippen molar-refractivity contribution in [1.82, 2.24) is 15.0 Å². The molecule has 10 heteroatoms. The molecule has 0 spiro atoms. The van der Waals surface area contributed by atoms with E-state index in [-0.39, 0.29) is 22.9 Å². The average molecular weight is 441 g/mol. The van der Waals surface area contributed by atoms with Gasteiger partial charge < -0.3 is 19.7 Å². The van der Waals surface area contributed by atoms with Crippen LogP contribution in [0.25, 0.3) is 11.0 Å². The number of nitrogens with one attached hydrogen (secondary N) is 1. The van der Waals surface area contributed by atoms with Crippen LogP contribution in [0.2, 0.25) is 5.15 Å². The summed E-state index contributed by atoms with van der Waals surface area (Å²) in [6.45, 7) is 4.17. The Balaban J connectivity index is 1.58. The van der Waals surface area contributed by atoms with Crippen LogP contribution in [0.5, 0.6) is 5.88 Å². The van der Waals surface area contributed by atoms with Gasteiger partial charge in [-0.1, -0.05) is 11.6 Å². The van der Waals surface area contributed by atoms with Gasteiger partial charge in [0.25, 0.3) is 5.88 Å². The van der Waals surface area contributed by atoms with Crippen molar-refractivity contribution in [3.63, 3.8) is 0 Å². The zero-order valence-corrected chi connectivity index (χ0v) is 17.4. The maximum absolute atomic E-state index is 14.4. The molecular formula is C21H18ClFN6O2. The van der Waals surface area contributed by atoms with E-state index < -0.39 is 5.82 Å². The molecule has 4 heterocycles. The lowest BCUT2D eigenvalue weighted by Crippen LogP contribution is -2.51. The standard InChI is InChI=1S/C21H18ClFN6O2/c1-11(25-15-2-3-18(22)26-17(15)8-24)14-6-12(23)7-16-19(14)28-20-21(27-16)31-10-13-9-30-5-4-29(13)20/h2-3,6-7,11,13,25H,4-5,9-10H2,1H3/t11-,13+/m1/s1. The van der Waals surface area contributed by atoms with Crippen LogP contribution in [-0.2, 0) is 4.74 Å². The number of nitrogens with zero attached hydrogens (tertiary/aromatic N) is 5. The van der Waals surface area contributed by atoms with E-state index in [4.69, 9.17) is 26.1 Å². The zero-order valence-electron chi connectivity index (χ0n) is 16.6. The van der Waals surface area contributed by atoms with Crippen molar-refractivity contribution in [2.45, 2.75) is 19.0 Å². The van der Waals surface area contributed by atoms with Gasteiger partial charge in [0.2, 0.25) is 0 Å². The number of fused-ring (bicyclic) bond motifs is 4. The molecule has 8 nitrogen and oxygen atoms in total. The summed E-state index contributed by atoms with van der Waals surface area (Å²) in [4.78, 5) is 15.5. The first-order valence-electron chi connectivity index (χ1n) is 9.85. The van der Waals surface area contributed by atoms with E-state index in [1.165, 1.54) is 12.1 Å². The van der Waals surface area contributed by atoms with E-state index >= 15 is 0 Å². The molecule has 0 amide bonds. The fourth-order valence-electron chi connectivity index (χ4n) is 3.93. The number of pyridine rings is 1. The van der Waals surface area contributed by atoms with Gasteiger partial charge in [0.1, 0.15) is 23.6 Å². The van der Waals surface area contributed by atoms with Crippen molar-refractivity contribution >= 4 is 34.1 Å². The molecule has 2 atom stereocenters. The molecule has 1 saturated heterocycles. The lowest BCUT2D eigenvalue weighted by atomic mass is 10.0. The number of anilines is 2. The van der Waals surface area contributed by atoms with Gasteiger partial charge in [-0.3, -0.25) is 0 Å². The SMILES string of the molecule is C[C@@H](Nc1ccc(Cl)nc1C#N)c1cc(F)cc2nc3c(nc12)N1CCOC[C@H]1CO3. The number of rotatable bonds is 3. The predicted octanol–water partition coefficient (Wildman–Crippen LogP) is 3.46. The molecule has 2 aliphatic heterocycles. The number of hydrogen-bond acceptors (Lipinski definition) is 8. The van der Waals surface area contributed by atoms with Crippen LogP contribution in [0.1, 0.15) is 24.2 Å². The molecule has 0 aliphatic carbocycles. The number of hydrogen-bond donors (Lipinski definition) is 1. The minimum atomic E-state index is -0.430. The van der Waals surface area contributed by atoms with Gasteiger partial charge in [0.05, 0.1) is 42.0 Å². The van der Waals surface area contributed by atoms with Crippen LogP contribution >= 0.6 is 11.6 Å². The fraction of sp³-hybridized carbons (Fsp3) is 0.333. The van der Waals surface area contributed by atoms with Crippen molar-refractivity contribution in [2.24, 2.45) is 0 Å². The monoisotopic (exact) mass is 440 g/mol. The summed E-state index contributed by atoms with van der Waals surface area (Å²) < 4.78 is 25.8. The van der Waals surface area contributed by atoms with Crippen LogP contribution in [0.15, 0.2) is 24.3 Å². The Morgan fingerprint density at radius 2 is 2.16 bits per heavy atom. The largest absolute Gasteiger partial charge is 0.473 e. The molecule has 0 bridgehead atoms. The third-order valence-corrected chi connectivity index (χ3v) is 5.64. The van der Waals surface area contributed by atoms with Crippen molar-refractivity contribution in [3.8, 4) is 11.9 Å². The van der Waals surface area contributed by atoms with Crippen molar-refractivity contribution in [3.05, 3.63) is 46.5 Å². The molecule has 0 radical (unpaired) electrons. The molecule has 5 rings (SSSR count). The van der Waals surface area contributed by atoms with Gasteiger partial charge in [0, 0.05) is 18.2 Å². The Hall–Kier alpha value is -3.22. The van der Waals surface area contributed by atoms with Crippen LogP contribution in [0.3, 0.4) is 0 Å². The van der Waals surface area contributed by atoms with Gasteiger partial charge in [-0.15, -0.1) is 0 Å². The highest BCUT2D eigenvalue weighted by atomic mass is 35.5. The lowest BCUT2D eigenvalue weighted by Gasteiger charge is -2.39. The van der Waals surface area contributed by atoms with Crippen molar-refractivity contribution in [2.75, 3.05) is 36.6 Å². The van der Waals surface area contributed by atoms with Crippen LogP contribution < -0.4 is 15.0 Å². The van der Waals surface area contributed by atoms with Gasteiger partial charge >= 0.3 is 0 Å². The van der Waals surface area contributed by atoms with Gasteiger partial charge in [-0.2, -0.15) is 5.26 Å². The number of nitriles is 1. The maximum Gasteiger partial charge on any atom is 0.258 e. The second-order valence-electron chi connectivity index (χ2n) is 7.46. The molecule has 1 N–H and O–H groups in total. The first-order valence-corrected chi connectivity index (χ1v) is 10.2. The predicted molar refractivity (Wildman–Crippen MR) is 113 cm³/mol. The summed E-state index contributed by atoms with van der Waals surface area (Å²) in [6.07, 6.45) is 0. The zero-order chi connectivity index (χ0) is 21.5. The van der Waals surface area contributed by atoms with Crippen molar-refractivity contribution in [1.29, 1.82) is 5.26 Å². The Kier molecular flexibility index (Phi) is 4.96. The molecule has 3 aromatic rings. The van der Waals surface area contributed by atoms with E-state index in [9.17, 15) is 9.65 Å². The van der Waals surface area contributed by atoms with Gasteiger partial charge in [-0.25, -0.2) is 19.3 Å². The molecule has 0 saturated carbocycles. The molecule has 1 fully saturated rings. The number of ether oxygens (including phenoxy) is 2. The Morgan fingerprint density at radius 1 is 1.29 bits per heavy atom. The average Bonchev–Trinajstić information content (AvgIpc) is 2.78. The molecule has 158 valence electrons. The highest BCUT2D eigenvalue weighted by Crippen LogP contribution is 2.36. The highest BCUT2D eigenvalue weighted by Gasteiger charge is 2.33. The first kappa shape index (κ1) is 19.7. The van der Waals surface area contributed by atoms with Crippen LogP contribution in [-0.4, -0.2) is 47.4 Å². The van der Waals surface area contributed by atoms with E-state index in [0.29, 0.717) is 60.3 Å². The van der Waals surface area contributed by atoms with Gasteiger partial charge in [0.15, 0.2) is 11.5 Å². The molecule has 1 aromatic carbocycles. The summed E-state index contributed by atoms with van der Waals surface area (Å²) >= 11 is 5.89. The number of halogens is 2. The second kappa shape index (κ2) is 7.80. The minimum Gasteiger partial charge on any atom is -0.473 e. The maximum atomic E-state index is 14.4. The molecule has 2 aromatic heterocycles. The fourth-order valence-corrected chi connectivity index (χ4v) is 4.08. The summed E-state index contributed by atoms with van der Waals surface area (Å²) in [6, 6.07) is 7.75. The van der Waals surface area contributed by atoms with Gasteiger partial charge in [-0.05, 0) is 25.1 Å². The lowest BCUT2D eigenvalue weighted by molar-refractivity contribution is 0.0686. The summed E-state index contributed by atoms with van der Waals surface area (Å²) in [5.41, 5.74) is 2.24. The number of aromatic nitrogens is 3. The summed E-state index contributed by atoms with van der Waals surface area (Å²) in [5.74, 6) is 0.606. The number of benzene rings is 1. The summed E-state index contributed by atoms with van der Waals surface area (Å²) in [7, 11) is 0. The quantitative estimate of drug-likeness (QED) is 0.618. The number of morpholine rings is 1. The Labute approximate surface area is 182 Å². The van der Waals surface area contributed by atoms with Crippen LogP contribution in [0, 0.1) is 17.1 Å². The third kappa shape index (κ3) is 3.58. The third-order valence-electron chi connectivity index (χ3n) is 5.43. The molecule has 0 unspecified atom stereocenters. The highest BCUT2D eigenvalue weighted by molar-refractivity contribution is 6.29. The smallest absolute Gasteiger partial charge is 0.258 e. The van der Waals surface area contributed by atoms with Crippen molar-refractivity contribution < 1.29 is 13.9 Å². The van der Waals surface area contributed by atoms with E-state index in [2.05, 4.69) is 20.2 Å². The molecule has 31 heavy (non-hydrogen) atoms. The summed E-state index contributed by atoms with van der Waals surface area (Å²) in [5, 5.41) is 12.8. The second-order valence-corrected chi connectivity index (χ2v) is 7.84. The molecule has 2 aliphatic rings.